The Bertz CT molecular complexity index is 1150. The average Bonchev–Trinajstić information content (AvgIpc) is 3.18. The second kappa shape index (κ2) is 11.2. The lowest BCUT2D eigenvalue weighted by Crippen LogP contribution is -1.92. The molecule has 0 aliphatic rings. The Morgan fingerprint density at radius 3 is 2.16 bits per heavy atom. The highest BCUT2D eigenvalue weighted by Crippen LogP contribution is 2.28. The Labute approximate surface area is 187 Å². The van der Waals surface area contributed by atoms with Crippen LogP contribution in [-0.4, -0.2) is 4.98 Å². The number of hydrogen-bond acceptors (Lipinski definition) is 0. The number of rotatable bonds is 7. The molecule has 0 spiro atoms. The molecule has 1 nitrogen and oxygen atoms in total. The number of para-hydroxylation sites is 1. The lowest BCUT2D eigenvalue weighted by molar-refractivity contribution is 0.718. The van der Waals surface area contributed by atoms with Crippen molar-refractivity contribution < 1.29 is 0 Å². The number of aromatic nitrogens is 1. The maximum atomic E-state index is 3.79. The molecule has 1 heterocycles. The van der Waals surface area contributed by atoms with Gasteiger partial charge in [0.05, 0.1) is 0 Å². The SMILES string of the molecule is C=Cc1[nH]c2ccccc2c1C=C.CCCCCc1ccccc1-c1ccccc1C. The Morgan fingerprint density at radius 2 is 1.45 bits per heavy atom. The molecule has 0 aliphatic carbocycles. The molecular formula is C30H33N. The highest BCUT2D eigenvalue weighted by Gasteiger charge is 2.06. The maximum absolute atomic E-state index is 3.79. The minimum absolute atomic E-state index is 1.04. The van der Waals surface area contributed by atoms with E-state index in [0.29, 0.717) is 0 Å². The van der Waals surface area contributed by atoms with E-state index in [1.807, 2.05) is 24.3 Å². The van der Waals surface area contributed by atoms with Gasteiger partial charge in [0.2, 0.25) is 0 Å². The van der Waals surface area contributed by atoms with Crippen molar-refractivity contribution in [3.63, 3.8) is 0 Å². The summed E-state index contributed by atoms with van der Waals surface area (Å²) in [5.41, 5.74) is 8.94. The fraction of sp³-hybridized carbons (Fsp3) is 0.200. The summed E-state index contributed by atoms with van der Waals surface area (Å²) in [7, 11) is 0. The Hall–Kier alpha value is -3.32. The van der Waals surface area contributed by atoms with Crippen molar-refractivity contribution in [2.45, 2.75) is 39.5 Å². The van der Waals surface area contributed by atoms with E-state index < -0.39 is 0 Å². The fourth-order valence-electron chi connectivity index (χ4n) is 4.01. The molecule has 0 amide bonds. The first-order valence-corrected chi connectivity index (χ1v) is 11.2. The van der Waals surface area contributed by atoms with Crippen molar-refractivity contribution in [2.24, 2.45) is 0 Å². The number of benzene rings is 3. The molecule has 0 fully saturated rings. The van der Waals surface area contributed by atoms with Crippen LogP contribution in [0.3, 0.4) is 0 Å². The van der Waals surface area contributed by atoms with E-state index in [1.54, 1.807) is 0 Å². The van der Waals surface area contributed by atoms with Gasteiger partial charge in [-0.05, 0) is 54.2 Å². The first kappa shape index (κ1) is 22.4. The maximum Gasteiger partial charge on any atom is 0.0464 e. The van der Waals surface area contributed by atoms with Crippen LogP contribution in [-0.2, 0) is 6.42 Å². The molecule has 0 unspecified atom stereocenters. The molecule has 31 heavy (non-hydrogen) atoms. The first-order chi connectivity index (χ1) is 15.2. The molecule has 0 saturated carbocycles. The van der Waals surface area contributed by atoms with Crippen molar-refractivity contribution >= 4 is 23.1 Å². The van der Waals surface area contributed by atoms with Crippen LogP contribution < -0.4 is 0 Å². The summed E-state index contributed by atoms with van der Waals surface area (Å²) < 4.78 is 0. The smallest absolute Gasteiger partial charge is 0.0464 e. The highest BCUT2D eigenvalue weighted by molar-refractivity contribution is 5.92. The van der Waals surface area contributed by atoms with E-state index >= 15 is 0 Å². The van der Waals surface area contributed by atoms with Gasteiger partial charge in [-0.15, -0.1) is 0 Å². The van der Waals surface area contributed by atoms with Gasteiger partial charge in [-0.3, -0.25) is 0 Å². The van der Waals surface area contributed by atoms with Crippen LogP contribution >= 0.6 is 0 Å². The highest BCUT2D eigenvalue weighted by atomic mass is 14.7. The van der Waals surface area contributed by atoms with Crippen molar-refractivity contribution in [1.29, 1.82) is 0 Å². The fourth-order valence-corrected chi connectivity index (χ4v) is 4.01. The third-order valence-corrected chi connectivity index (χ3v) is 5.69. The number of hydrogen-bond donors (Lipinski definition) is 1. The van der Waals surface area contributed by atoms with Gasteiger partial charge in [-0.2, -0.15) is 0 Å². The van der Waals surface area contributed by atoms with E-state index in [4.69, 9.17) is 0 Å². The first-order valence-electron chi connectivity index (χ1n) is 11.2. The van der Waals surface area contributed by atoms with Crippen LogP contribution in [0.1, 0.15) is 48.6 Å². The molecule has 1 heteroatoms. The zero-order valence-electron chi connectivity index (χ0n) is 18.8. The molecular weight excluding hydrogens is 374 g/mol. The zero-order valence-corrected chi connectivity index (χ0v) is 18.8. The molecule has 0 bridgehead atoms. The monoisotopic (exact) mass is 407 g/mol. The minimum Gasteiger partial charge on any atom is -0.355 e. The molecule has 0 aliphatic heterocycles. The van der Waals surface area contributed by atoms with Gasteiger partial charge >= 0.3 is 0 Å². The van der Waals surface area contributed by atoms with Gasteiger partial charge in [0.15, 0.2) is 0 Å². The largest absolute Gasteiger partial charge is 0.355 e. The number of aromatic amines is 1. The summed E-state index contributed by atoms with van der Waals surface area (Å²) in [6, 6.07) is 25.7. The number of aryl methyl sites for hydroxylation is 2. The van der Waals surface area contributed by atoms with Crippen molar-refractivity contribution in [3.8, 4) is 11.1 Å². The van der Waals surface area contributed by atoms with Gasteiger partial charge in [0, 0.05) is 22.2 Å². The third kappa shape index (κ3) is 5.44. The van der Waals surface area contributed by atoms with E-state index in [0.717, 1.165) is 16.8 Å². The number of fused-ring (bicyclic) bond motifs is 1. The minimum atomic E-state index is 1.04. The Kier molecular flexibility index (Phi) is 8.06. The molecule has 0 radical (unpaired) electrons. The molecule has 1 aromatic heterocycles. The summed E-state index contributed by atoms with van der Waals surface area (Å²) in [5.74, 6) is 0. The van der Waals surface area contributed by atoms with Crippen LogP contribution in [0.4, 0.5) is 0 Å². The average molecular weight is 408 g/mol. The van der Waals surface area contributed by atoms with Gasteiger partial charge < -0.3 is 4.98 Å². The van der Waals surface area contributed by atoms with Crippen LogP contribution in [0.15, 0.2) is 86.0 Å². The van der Waals surface area contributed by atoms with Gasteiger partial charge in [-0.25, -0.2) is 0 Å². The topological polar surface area (TPSA) is 15.8 Å². The standard InChI is InChI=1S/C18H22.C12H11N/c1-3-4-5-11-16-12-7-9-14-18(16)17-13-8-6-10-15(17)2;1-3-9-10-7-5-6-8-12(10)13-11(9)4-2/h6-10,12-14H,3-5,11H2,1-2H3;3-8,13H,1-2H2. The molecule has 4 aromatic rings. The van der Waals surface area contributed by atoms with Crippen molar-refractivity contribution in [2.75, 3.05) is 0 Å². The van der Waals surface area contributed by atoms with Crippen LogP contribution in [0.2, 0.25) is 0 Å². The lowest BCUT2D eigenvalue weighted by Gasteiger charge is -2.11. The molecule has 0 atom stereocenters. The summed E-state index contributed by atoms with van der Waals surface area (Å²) in [6.45, 7) is 12.0. The number of nitrogens with one attached hydrogen (secondary N) is 1. The molecule has 3 aromatic carbocycles. The van der Waals surface area contributed by atoms with Gasteiger partial charge in [-0.1, -0.05) is 106 Å². The third-order valence-electron chi connectivity index (χ3n) is 5.69. The van der Waals surface area contributed by atoms with E-state index in [9.17, 15) is 0 Å². The molecule has 0 saturated heterocycles. The summed E-state index contributed by atoms with van der Waals surface area (Å²) >= 11 is 0. The molecule has 158 valence electrons. The van der Waals surface area contributed by atoms with Crippen LogP contribution in [0, 0.1) is 6.92 Å². The molecule has 4 rings (SSSR count). The summed E-state index contributed by atoms with van der Waals surface area (Å²) in [6.07, 6.45) is 8.76. The Morgan fingerprint density at radius 1 is 0.774 bits per heavy atom. The van der Waals surface area contributed by atoms with Gasteiger partial charge in [0.25, 0.3) is 0 Å². The van der Waals surface area contributed by atoms with Gasteiger partial charge in [0.1, 0.15) is 0 Å². The van der Waals surface area contributed by atoms with Crippen LogP contribution in [0.25, 0.3) is 34.2 Å². The summed E-state index contributed by atoms with van der Waals surface area (Å²) in [4.78, 5) is 3.28. The quantitative estimate of drug-likeness (QED) is 0.294. The second-order valence-corrected chi connectivity index (χ2v) is 7.84. The number of unbranched alkanes of at least 4 members (excludes halogenated alkanes) is 2. The normalized spacial score (nSPS) is 10.4. The Balaban J connectivity index is 0.000000185. The zero-order chi connectivity index (χ0) is 22.1. The van der Waals surface area contributed by atoms with E-state index in [-0.39, 0.29) is 0 Å². The van der Waals surface area contributed by atoms with Crippen LogP contribution in [0.5, 0.6) is 0 Å². The van der Waals surface area contributed by atoms with E-state index in [1.165, 1.54) is 53.3 Å². The van der Waals surface area contributed by atoms with Crippen molar-refractivity contribution in [3.05, 3.63) is 108 Å². The summed E-state index contributed by atoms with van der Waals surface area (Å²) in [5, 5.41) is 1.20. The number of H-pyrrole nitrogens is 1. The predicted octanol–water partition coefficient (Wildman–Crippen LogP) is 8.85. The molecule has 1 N–H and O–H groups in total. The lowest BCUT2D eigenvalue weighted by atomic mass is 9.93. The predicted molar refractivity (Wildman–Crippen MR) is 138 cm³/mol. The second-order valence-electron chi connectivity index (χ2n) is 7.84. The van der Waals surface area contributed by atoms with E-state index in [2.05, 4.69) is 92.7 Å². The van der Waals surface area contributed by atoms with Crippen molar-refractivity contribution in [1.82, 2.24) is 4.98 Å².